The molecule has 0 bridgehead atoms. The number of amides is 1. The maximum atomic E-state index is 12.6. The molecule has 2 aromatic heterocycles. The minimum absolute atomic E-state index is 0.0473. The van der Waals surface area contributed by atoms with E-state index in [4.69, 9.17) is 0 Å². The molecular weight excluding hydrogens is 374 g/mol. The first kappa shape index (κ1) is 18.4. The van der Waals surface area contributed by atoms with Crippen molar-refractivity contribution in [2.75, 3.05) is 5.75 Å². The molecule has 1 aliphatic rings. The molecule has 2 heterocycles. The van der Waals surface area contributed by atoms with Crippen LogP contribution in [0.25, 0.3) is 10.2 Å². The summed E-state index contributed by atoms with van der Waals surface area (Å²) in [5.74, 6) is 0.421. The zero-order valence-electron chi connectivity index (χ0n) is 15.6. The van der Waals surface area contributed by atoms with Crippen molar-refractivity contribution < 1.29 is 4.79 Å². The van der Waals surface area contributed by atoms with Gasteiger partial charge in [-0.15, -0.1) is 11.3 Å². The van der Waals surface area contributed by atoms with Crippen LogP contribution in [0.15, 0.2) is 35.6 Å². The Hall–Kier alpha value is -1.92. The highest BCUT2D eigenvalue weighted by atomic mass is 32.2. The molecule has 0 spiro atoms. The van der Waals surface area contributed by atoms with E-state index in [1.54, 1.807) is 17.7 Å². The van der Waals surface area contributed by atoms with E-state index in [1.165, 1.54) is 39.6 Å². The van der Waals surface area contributed by atoms with Gasteiger partial charge in [-0.25, -0.2) is 9.97 Å². The molecule has 1 aromatic carbocycles. The second kappa shape index (κ2) is 7.98. The molecule has 4 rings (SSSR count). The molecule has 4 nitrogen and oxygen atoms in total. The first-order valence-electron chi connectivity index (χ1n) is 9.39. The summed E-state index contributed by atoms with van der Waals surface area (Å²) in [6.07, 6.45) is 5.96. The van der Waals surface area contributed by atoms with Crippen LogP contribution in [0.2, 0.25) is 0 Å². The van der Waals surface area contributed by atoms with Gasteiger partial charge in [0.1, 0.15) is 16.2 Å². The van der Waals surface area contributed by atoms with E-state index in [1.807, 2.05) is 0 Å². The predicted octanol–water partition coefficient (Wildman–Crippen LogP) is 4.85. The summed E-state index contributed by atoms with van der Waals surface area (Å²) in [6, 6.07) is 8.43. The van der Waals surface area contributed by atoms with Crippen molar-refractivity contribution in [1.29, 1.82) is 0 Å². The maximum Gasteiger partial charge on any atom is 0.230 e. The minimum Gasteiger partial charge on any atom is -0.349 e. The molecule has 6 heteroatoms. The van der Waals surface area contributed by atoms with Gasteiger partial charge in [0, 0.05) is 10.3 Å². The summed E-state index contributed by atoms with van der Waals surface area (Å²) in [5.41, 5.74) is 3.79. The van der Waals surface area contributed by atoms with E-state index in [9.17, 15) is 4.79 Å². The summed E-state index contributed by atoms with van der Waals surface area (Å²) < 4.78 is 0. The average molecular weight is 398 g/mol. The quantitative estimate of drug-likeness (QED) is 0.477. The van der Waals surface area contributed by atoms with E-state index in [-0.39, 0.29) is 11.9 Å². The van der Waals surface area contributed by atoms with Crippen LogP contribution in [0.1, 0.15) is 47.4 Å². The molecule has 1 N–H and O–H groups in total. The zero-order chi connectivity index (χ0) is 18.8. The molecule has 140 valence electrons. The third kappa shape index (κ3) is 3.87. The average Bonchev–Trinajstić information content (AvgIpc) is 3.26. The number of rotatable bonds is 6. The van der Waals surface area contributed by atoms with Crippen LogP contribution in [-0.4, -0.2) is 21.6 Å². The Balaban J connectivity index is 1.45. The van der Waals surface area contributed by atoms with Crippen LogP contribution in [0.3, 0.4) is 0 Å². The highest BCUT2D eigenvalue weighted by Gasteiger charge is 2.22. The number of benzene rings is 1. The number of thioether (sulfide) groups is 1. The molecule has 0 fully saturated rings. The monoisotopic (exact) mass is 397 g/mol. The van der Waals surface area contributed by atoms with Gasteiger partial charge in [0.05, 0.1) is 11.8 Å². The van der Waals surface area contributed by atoms with Crippen molar-refractivity contribution in [3.8, 4) is 0 Å². The lowest BCUT2D eigenvalue weighted by atomic mass is 10.0. The van der Waals surface area contributed by atoms with Crippen molar-refractivity contribution in [2.45, 2.75) is 50.6 Å². The van der Waals surface area contributed by atoms with Gasteiger partial charge in [0.2, 0.25) is 5.91 Å². The van der Waals surface area contributed by atoms with E-state index >= 15 is 0 Å². The van der Waals surface area contributed by atoms with Crippen LogP contribution in [-0.2, 0) is 17.6 Å². The van der Waals surface area contributed by atoms with E-state index < -0.39 is 0 Å². The Morgan fingerprint density at radius 1 is 1.26 bits per heavy atom. The first-order chi connectivity index (χ1) is 13.2. The molecule has 0 unspecified atom stereocenters. The van der Waals surface area contributed by atoms with Gasteiger partial charge in [-0.3, -0.25) is 4.79 Å². The Morgan fingerprint density at radius 2 is 2.07 bits per heavy atom. The fraction of sp³-hybridized carbons (Fsp3) is 0.381. The molecule has 27 heavy (non-hydrogen) atoms. The molecule has 3 aromatic rings. The number of hydrogen-bond donors (Lipinski definition) is 1. The first-order valence-corrected chi connectivity index (χ1v) is 11.2. The lowest BCUT2D eigenvalue weighted by Crippen LogP contribution is -2.29. The second-order valence-corrected chi connectivity index (χ2v) is 8.99. The number of nitrogens with one attached hydrogen (secondary N) is 1. The SMILES string of the molecule is CC[C@H](NC(=O)CSc1ncnc2sc3c(c12)CCC3)c1ccc(C)cc1. The number of hydrogen-bond acceptors (Lipinski definition) is 5. The van der Waals surface area contributed by atoms with Gasteiger partial charge >= 0.3 is 0 Å². The number of aromatic nitrogens is 2. The van der Waals surface area contributed by atoms with Crippen LogP contribution in [0, 0.1) is 6.92 Å². The molecule has 0 radical (unpaired) electrons. The Kier molecular flexibility index (Phi) is 5.45. The lowest BCUT2D eigenvalue weighted by molar-refractivity contribution is -0.119. The maximum absolute atomic E-state index is 12.6. The number of fused-ring (bicyclic) bond motifs is 3. The number of aryl methyl sites for hydroxylation is 3. The van der Waals surface area contributed by atoms with E-state index in [0.29, 0.717) is 5.75 Å². The van der Waals surface area contributed by atoms with Gasteiger partial charge in [-0.2, -0.15) is 0 Å². The van der Waals surface area contributed by atoms with E-state index in [0.717, 1.165) is 34.7 Å². The highest BCUT2D eigenvalue weighted by molar-refractivity contribution is 8.00. The number of nitrogens with zero attached hydrogens (tertiary/aromatic N) is 2. The van der Waals surface area contributed by atoms with Crippen molar-refractivity contribution >= 4 is 39.2 Å². The summed E-state index contributed by atoms with van der Waals surface area (Å²) in [4.78, 5) is 24.0. The topological polar surface area (TPSA) is 54.9 Å². The zero-order valence-corrected chi connectivity index (χ0v) is 17.3. The Labute approximate surface area is 167 Å². The summed E-state index contributed by atoms with van der Waals surface area (Å²) >= 11 is 3.30. The molecule has 0 aliphatic heterocycles. The normalized spacial score (nSPS) is 14.3. The molecule has 1 aliphatic carbocycles. The largest absolute Gasteiger partial charge is 0.349 e. The summed E-state index contributed by atoms with van der Waals surface area (Å²) in [7, 11) is 0. The molecule has 1 atom stereocenters. The van der Waals surface area contributed by atoms with Gasteiger partial charge in [0.15, 0.2) is 0 Å². The van der Waals surface area contributed by atoms with Crippen molar-refractivity contribution in [2.24, 2.45) is 0 Å². The van der Waals surface area contributed by atoms with Crippen molar-refractivity contribution in [3.63, 3.8) is 0 Å². The molecule has 0 saturated heterocycles. The van der Waals surface area contributed by atoms with Crippen LogP contribution >= 0.6 is 23.1 Å². The lowest BCUT2D eigenvalue weighted by Gasteiger charge is -2.17. The third-order valence-electron chi connectivity index (χ3n) is 5.03. The molecular formula is C21H23N3OS2. The number of carbonyl (C=O) groups excluding carboxylic acids is 1. The van der Waals surface area contributed by atoms with Crippen molar-refractivity contribution in [1.82, 2.24) is 15.3 Å². The van der Waals surface area contributed by atoms with Crippen LogP contribution < -0.4 is 5.32 Å². The van der Waals surface area contributed by atoms with Gasteiger partial charge < -0.3 is 5.32 Å². The second-order valence-electron chi connectivity index (χ2n) is 6.94. The highest BCUT2D eigenvalue weighted by Crippen LogP contribution is 2.39. The standard InChI is InChI=1S/C21H23N3OS2/c1-3-16(14-9-7-13(2)8-10-14)24-18(25)11-26-20-19-15-5-4-6-17(15)27-21(19)23-12-22-20/h7-10,12,16H,3-6,11H2,1-2H3,(H,24,25)/t16-/m0/s1. The van der Waals surface area contributed by atoms with Crippen LogP contribution in [0.4, 0.5) is 0 Å². The summed E-state index contributed by atoms with van der Waals surface area (Å²) in [5, 5.41) is 5.29. The Morgan fingerprint density at radius 3 is 2.85 bits per heavy atom. The fourth-order valence-corrected chi connectivity index (χ4v) is 5.73. The van der Waals surface area contributed by atoms with Crippen molar-refractivity contribution in [3.05, 3.63) is 52.2 Å². The molecule has 1 amide bonds. The smallest absolute Gasteiger partial charge is 0.230 e. The van der Waals surface area contributed by atoms with Crippen LogP contribution in [0.5, 0.6) is 0 Å². The molecule has 0 saturated carbocycles. The minimum atomic E-state index is 0.0473. The predicted molar refractivity (Wildman–Crippen MR) is 113 cm³/mol. The summed E-state index contributed by atoms with van der Waals surface area (Å²) in [6.45, 7) is 4.17. The Bertz CT molecular complexity index is 965. The van der Waals surface area contributed by atoms with Gasteiger partial charge in [0.25, 0.3) is 0 Å². The third-order valence-corrected chi connectivity index (χ3v) is 7.22. The van der Waals surface area contributed by atoms with Gasteiger partial charge in [-0.05, 0) is 43.7 Å². The fourth-order valence-electron chi connectivity index (χ4n) is 3.60. The van der Waals surface area contributed by atoms with E-state index in [2.05, 4.69) is 53.4 Å². The number of thiophene rings is 1. The number of carbonyl (C=O) groups is 1. The van der Waals surface area contributed by atoms with Gasteiger partial charge in [-0.1, -0.05) is 48.5 Å².